The van der Waals surface area contributed by atoms with Crippen LogP contribution in [0.1, 0.15) is 39.5 Å². The van der Waals surface area contributed by atoms with E-state index in [9.17, 15) is 0 Å². The van der Waals surface area contributed by atoms with Crippen LogP contribution in [0.4, 0.5) is 0 Å². The van der Waals surface area contributed by atoms with Crippen molar-refractivity contribution in [1.29, 1.82) is 0 Å². The van der Waals surface area contributed by atoms with Crippen LogP contribution in [-0.2, 0) is 9.47 Å². The number of hydrogen-bond donors (Lipinski definition) is 2. The second-order valence-corrected chi connectivity index (χ2v) is 7.12. The summed E-state index contributed by atoms with van der Waals surface area (Å²) in [5.74, 6) is 0.925. The molecule has 0 aromatic rings. The van der Waals surface area contributed by atoms with Crippen LogP contribution in [0.3, 0.4) is 0 Å². The molecule has 2 rings (SSSR count). The van der Waals surface area contributed by atoms with Crippen molar-refractivity contribution in [3.8, 4) is 0 Å². The molecule has 0 amide bonds. The van der Waals surface area contributed by atoms with Gasteiger partial charge in [-0.3, -0.25) is 4.99 Å². The summed E-state index contributed by atoms with van der Waals surface area (Å²) in [4.78, 5) is 6.86. The molecule has 2 N–H and O–H groups in total. The molecular formula is C19H37IN4O2. The van der Waals surface area contributed by atoms with Crippen LogP contribution in [-0.4, -0.2) is 76.1 Å². The Morgan fingerprint density at radius 2 is 2.15 bits per heavy atom. The molecule has 2 heterocycles. The fourth-order valence-corrected chi connectivity index (χ4v) is 3.24. The van der Waals surface area contributed by atoms with Crippen molar-refractivity contribution in [3.05, 3.63) is 11.6 Å². The highest BCUT2D eigenvalue weighted by Gasteiger charge is 2.19. The third-order valence-electron chi connectivity index (χ3n) is 4.81. The molecule has 2 aliphatic heterocycles. The Bertz CT molecular complexity index is 435. The largest absolute Gasteiger partial charge is 0.377 e. The van der Waals surface area contributed by atoms with Crippen LogP contribution in [0.2, 0.25) is 0 Å². The molecule has 0 aliphatic carbocycles. The molecule has 0 unspecified atom stereocenters. The van der Waals surface area contributed by atoms with E-state index in [0.29, 0.717) is 12.1 Å². The zero-order chi connectivity index (χ0) is 17.9. The number of halogens is 1. The molecule has 1 saturated heterocycles. The van der Waals surface area contributed by atoms with Gasteiger partial charge in [-0.05, 0) is 39.5 Å². The van der Waals surface area contributed by atoms with Crippen LogP contribution in [0.15, 0.2) is 16.6 Å². The van der Waals surface area contributed by atoms with Gasteiger partial charge in [0.2, 0.25) is 0 Å². The number of rotatable bonds is 8. The smallest absolute Gasteiger partial charge is 0.191 e. The van der Waals surface area contributed by atoms with Gasteiger partial charge in [0.15, 0.2) is 5.96 Å². The van der Waals surface area contributed by atoms with E-state index in [4.69, 9.17) is 9.47 Å². The summed E-state index contributed by atoms with van der Waals surface area (Å²) in [7, 11) is 1.85. The zero-order valence-electron chi connectivity index (χ0n) is 16.6. The number of likely N-dealkylation sites (tertiary alicyclic amines) is 1. The Balaban J connectivity index is 0.00000338. The molecule has 0 spiro atoms. The van der Waals surface area contributed by atoms with Crippen LogP contribution >= 0.6 is 24.0 Å². The molecule has 0 radical (unpaired) electrons. The predicted octanol–water partition coefficient (Wildman–Crippen LogP) is 2.40. The van der Waals surface area contributed by atoms with Crippen LogP contribution in [0.25, 0.3) is 0 Å². The summed E-state index contributed by atoms with van der Waals surface area (Å²) in [6.07, 6.45) is 6.98. The lowest BCUT2D eigenvalue weighted by atomic mass is 10.1. The lowest BCUT2D eigenvalue weighted by Gasteiger charge is -2.33. The maximum Gasteiger partial charge on any atom is 0.191 e. The molecule has 0 aromatic carbocycles. The Hall–Kier alpha value is -0.380. The molecule has 6 nitrogen and oxygen atoms in total. The highest BCUT2D eigenvalue weighted by Crippen LogP contribution is 2.11. The summed E-state index contributed by atoms with van der Waals surface area (Å²) >= 11 is 0. The third kappa shape index (κ3) is 9.53. The first-order valence-corrected chi connectivity index (χ1v) is 9.74. The van der Waals surface area contributed by atoms with E-state index < -0.39 is 0 Å². The Kier molecular flexibility index (Phi) is 12.5. The van der Waals surface area contributed by atoms with Crippen molar-refractivity contribution in [3.63, 3.8) is 0 Å². The topological polar surface area (TPSA) is 58.1 Å². The van der Waals surface area contributed by atoms with Gasteiger partial charge < -0.3 is 25.0 Å². The van der Waals surface area contributed by atoms with Gasteiger partial charge >= 0.3 is 0 Å². The van der Waals surface area contributed by atoms with Crippen LogP contribution in [0.5, 0.6) is 0 Å². The van der Waals surface area contributed by atoms with E-state index in [1.807, 2.05) is 7.05 Å². The number of hydrogen-bond acceptors (Lipinski definition) is 4. The second-order valence-electron chi connectivity index (χ2n) is 7.12. The van der Waals surface area contributed by atoms with Gasteiger partial charge in [0, 0.05) is 39.3 Å². The lowest BCUT2D eigenvalue weighted by molar-refractivity contribution is 0.0532. The Labute approximate surface area is 176 Å². The van der Waals surface area contributed by atoms with Gasteiger partial charge in [-0.15, -0.1) is 24.0 Å². The zero-order valence-corrected chi connectivity index (χ0v) is 19.0. The summed E-state index contributed by atoms with van der Waals surface area (Å²) in [6.45, 7) is 10.9. The summed E-state index contributed by atoms with van der Waals surface area (Å²) < 4.78 is 11.0. The highest BCUT2D eigenvalue weighted by atomic mass is 127. The number of piperidine rings is 1. The molecule has 0 saturated carbocycles. The maximum atomic E-state index is 5.65. The first-order chi connectivity index (χ1) is 12.2. The SMILES string of the molecule is CN=C(NCCC1=CCOCC1)NC1CCN(CCOC(C)C)CC1.I. The van der Waals surface area contributed by atoms with E-state index in [-0.39, 0.29) is 24.0 Å². The van der Waals surface area contributed by atoms with E-state index >= 15 is 0 Å². The number of ether oxygens (including phenoxy) is 2. The summed E-state index contributed by atoms with van der Waals surface area (Å²) in [5.41, 5.74) is 1.49. The van der Waals surface area contributed by atoms with Crippen molar-refractivity contribution >= 4 is 29.9 Å². The molecular weight excluding hydrogens is 443 g/mol. The summed E-state index contributed by atoms with van der Waals surface area (Å²) in [6, 6.07) is 0.510. The molecule has 0 aromatic heterocycles. The minimum atomic E-state index is 0. The van der Waals surface area contributed by atoms with Crippen molar-refractivity contribution in [1.82, 2.24) is 15.5 Å². The van der Waals surface area contributed by atoms with Gasteiger partial charge in [-0.1, -0.05) is 11.6 Å². The van der Waals surface area contributed by atoms with Crippen molar-refractivity contribution in [2.45, 2.75) is 51.7 Å². The molecule has 1 fully saturated rings. The van der Waals surface area contributed by atoms with Gasteiger partial charge in [0.1, 0.15) is 0 Å². The minimum absolute atomic E-state index is 0. The highest BCUT2D eigenvalue weighted by molar-refractivity contribution is 14.0. The third-order valence-corrected chi connectivity index (χ3v) is 4.81. The van der Waals surface area contributed by atoms with Crippen molar-refractivity contribution in [2.75, 3.05) is 53.0 Å². The fourth-order valence-electron chi connectivity index (χ4n) is 3.24. The van der Waals surface area contributed by atoms with Gasteiger partial charge in [-0.25, -0.2) is 0 Å². The first-order valence-electron chi connectivity index (χ1n) is 9.74. The number of guanidine groups is 1. The van der Waals surface area contributed by atoms with Gasteiger partial charge in [-0.2, -0.15) is 0 Å². The quantitative estimate of drug-likeness (QED) is 0.242. The maximum absolute atomic E-state index is 5.65. The van der Waals surface area contributed by atoms with E-state index in [1.165, 1.54) is 5.57 Å². The second kappa shape index (κ2) is 13.7. The lowest BCUT2D eigenvalue weighted by Crippen LogP contribution is -2.49. The summed E-state index contributed by atoms with van der Waals surface area (Å²) in [5, 5.41) is 7.02. The van der Waals surface area contributed by atoms with Crippen molar-refractivity contribution < 1.29 is 9.47 Å². The van der Waals surface area contributed by atoms with Gasteiger partial charge in [0.05, 0.1) is 25.9 Å². The van der Waals surface area contributed by atoms with E-state index in [1.54, 1.807) is 0 Å². The average Bonchev–Trinajstić information content (AvgIpc) is 2.63. The van der Waals surface area contributed by atoms with E-state index in [2.05, 4.69) is 40.4 Å². The normalized spacial score (nSPS) is 19.8. The molecule has 152 valence electrons. The number of nitrogens with zero attached hydrogens (tertiary/aromatic N) is 2. The minimum Gasteiger partial charge on any atom is -0.377 e. The van der Waals surface area contributed by atoms with Gasteiger partial charge in [0.25, 0.3) is 0 Å². The van der Waals surface area contributed by atoms with Crippen LogP contribution in [0, 0.1) is 0 Å². The van der Waals surface area contributed by atoms with Crippen molar-refractivity contribution in [2.24, 2.45) is 4.99 Å². The molecule has 2 aliphatic rings. The Morgan fingerprint density at radius 1 is 1.38 bits per heavy atom. The monoisotopic (exact) mass is 480 g/mol. The molecule has 0 atom stereocenters. The van der Waals surface area contributed by atoms with Crippen LogP contribution < -0.4 is 10.6 Å². The molecule has 26 heavy (non-hydrogen) atoms. The molecule has 7 heteroatoms. The first kappa shape index (κ1) is 23.7. The number of nitrogens with one attached hydrogen (secondary N) is 2. The number of aliphatic imine (C=N–C) groups is 1. The fraction of sp³-hybridized carbons (Fsp3) is 0.842. The average molecular weight is 480 g/mol. The predicted molar refractivity (Wildman–Crippen MR) is 119 cm³/mol. The Morgan fingerprint density at radius 3 is 2.77 bits per heavy atom. The standard InChI is InChI=1S/C19H36N4O2.HI/c1-16(2)25-15-12-23-10-5-18(6-11-23)22-19(20-3)21-9-4-17-7-13-24-14-8-17;/h7,16,18H,4-6,8-15H2,1-3H3,(H2,20,21,22);1H. The molecule has 0 bridgehead atoms. The van der Waals surface area contributed by atoms with E-state index in [0.717, 1.165) is 77.6 Å².